The summed E-state index contributed by atoms with van der Waals surface area (Å²) >= 11 is 0. The van der Waals surface area contributed by atoms with Gasteiger partial charge < -0.3 is 20.1 Å². The van der Waals surface area contributed by atoms with Crippen LogP contribution in [0.2, 0.25) is 0 Å². The van der Waals surface area contributed by atoms with Gasteiger partial charge in [-0.25, -0.2) is 15.0 Å². The number of likely N-dealkylation sites (tertiary alicyclic amines) is 1. The fourth-order valence-electron chi connectivity index (χ4n) is 5.24. The first kappa shape index (κ1) is 24.9. The fraction of sp³-hybridized carbons (Fsp3) is 0.577. The zero-order valence-electron chi connectivity index (χ0n) is 20.6. The van der Waals surface area contributed by atoms with Gasteiger partial charge in [-0.3, -0.25) is 9.59 Å². The van der Waals surface area contributed by atoms with Gasteiger partial charge in [-0.2, -0.15) is 0 Å². The third kappa shape index (κ3) is 6.26. The van der Waals surface area contributed by atoms with Crippen LogP contribution in [0.25, 0.3) is 0 Å². The van der Waals surface area contributed by atoms with Crippen molar-refractivity contribution in [3.63, 3.8) is 0 Å². The Morgan fingerprint density at radius 1 is 1.31 bits per heavy atom. The Labute approximate surface area is 206 Å². The summed E-state index contributed by atoms with van der Waals surface area (Å²) in [4.78, 5) is 39.5. The van der Waals surface area contributed by atoms with Crippen LogP contribution in [0.5, 0.6) is 6.01 Å². The monoisotopic (exact) mass is 481 g/mol. The van der Waals surface area contributed by atoms with E-state index in [1.165, 1.54) is 12.7 Å². The molecule has 188 valence electrons. The highest BCUT2D eigenvalue weighted by atomic mass is 16.5. The summed E-state index contributed by atoms with van der Waals surface area (Å²) in [5, 5.41) is 12.7. The lowest BCUT2D eigenvalue weighted by molar-refractivity contribution is -0.137. The van der Waals surface area contributed by atoms with Gasteiger partial charge in [0.25, 0.3) is 0 Å². The molecule has 0 spiro atoms. The van der Waals surface area contributed by atoms with Gasteiger partial charge in [0.05, 0.1) is 13.5 Å². The maximum Gasteiger partial charge on any atom is 0.316 e. The van der Waals surface area contributed by atoms with Crippen molar-refractivity contribution in [2.24, 2.45) is 5.92 Å². The van der Waals surface area contributed by atoms with Crippen molar-refractivity contribution in [2.75, 3.05) is 25.5 Å². The van der Waals surface area contributed by atoms with Crippen LogP contribution in [0.1, 0.15) is 68.2 Å². The number of methoxy groups -OCH3 is 1. The zero-order chi connectivity index (χ0) is 24.8. The molecule has 35 heavy (non-hydrogen) atoms. The average Bonchev–Trinajstić information content (AvgIpc) is 3.14. The van der Waals surface area contributed by atoms with E-state index in [9.17, 15) is 14.7 Å². The number of carboxylic acids is 1. The van der Waals surface area contributed by atoms with Crippen molar-refractivity contribution in [3.8, 4) is 6.01 Å². The minimum absolute atomic E-state index is 0.00441. The standard InChI is InChI=1S/C26H35N5O4/c1-17-13-20(8-10-22-9-7-18-5-3-11-27-24(18)30-22)25(34)31(17)12-4-6-19(14-23(32)33)21-15-28-26(35-2)29-16-21/h7,9,15-17,19-20H,3-6,8,10-14H2,1-2H3,(H,27,30)(H,32,33)/t17-,19-,20+/m1/s1. The number of aliphatic carboxylic acids is 1. The summed E-state index contributed by atoms with van der Waals surface area (Å²) in [7, 11) is 1.49. The number of hydrogen-bond acceptors (Lipinski definition) is 7. The van der Waals surface area contributed by atoms with Crippen LogP contribution >= 0.6 is 0 Å². The lowest BCUT2D eigenvalue weighted by atomic mass is 9.93. The Morgan fingerprint density at radius 3 is 2.86 bits per heavy atom. The van der Waals surface area contributed by atoms with Crippen LogP contribution in [0.15, 0.2) is 24.5 Å². The number of hydrogen-bond donors (Lipinski definition) is 2. The first-order valence-electron chi connectivity index (χ1n) is 12.6. The minimum Gasteiger partial charge on any atom is -0.481 e. The Morgan fingerprint density at radius 2 is 2.11 bits per heavy atom. The van der Waals surface area contributed by atoms with Crippen molar-refractivity contribution >= 4 is 17.7 Å². The first-order valence-corrected chi connectivity index (χ1v) is 12.6. The van der Waals surface area contributed by atoms with Gasteiger partial charge in [0, 0.05) is 43.1 Å². The van der Waals surface area contributed by atoms with Crippen molar-refractivity contribution < 1.29 is 19.4 Å². The second kappa shape index (κ2) is 11.5. The van der Waals surface area contributed by atoms with E-state index in [2.05, 4.69) is 34.3 Å². The molecule has 9 nitrogen and oxygen atoms in total. The molecule has 3 atom stereocenters. The van der Waals surface area contributed by atoms with Gasteiger partial charge in [-0.15, -0.1) is 0 Å². The van der Waals surface area contributed by atoms with E-state index in [-0.39, 0.29) is 36.2 Å². The average molecular weight is 482 g/mol. The molecule has 1 amide bonds. The summed E-state index contributed by atoms with van der Waals surface area (Å²) in [6.45, 7) is 3.70. The molecule has 1 saturated heterocycles. The summed E-state index contributed by atoms with van der Waals surface area (Å²) in [5.41, 5.74) is 3.09. The van der Waals surface area contributed by atoms with Crippen LogP contribution in [-0.4, -0.2) is 63.1 Å². The smallest absolute Gasteiger partial charge is 0.316 e. The van der Waals surface area contributed by atoms with E-state index >= 15 is 0 Å². The van der Waals surface area contributed by atoms with Gasteiger partial charge in [0.2, 0.25) is 5.91 Å². The summed E-state index contributed by atoms with van der Waals surface area (Å²) < 4.78 is 5.00. The molecule has 2 aromatic rings. The molecule has 2 N–H and O–H groups in total. The number of anilines is 1. The van der Waals surface area contributed by atoms with Gasteiger partial charge in [-0.05, 0) is 75.0 Å². The number of aromatic nitrogens is 3. The molecule has 2 aliphatic heterocycles. The van der Waals surface area contributed by atoms with Crippen molar-refractivity contribution in [3.05, 3.63) is 41.3 Å². The molecular weight excluding hydrogens is 446 g/mol. The van der Waals surface area contributed by atoms with Gasteiger partial charge in [0.15, 0.2) is 0 Å². The third-order valence-electron chi connectivity index (χ3n) is 7.17. The van der Waals surface area contributed by atoms with Gasteiger partial charge >= 0.3 is 12.0 Å². The van der Waals surface area contributed by atoms with Crippen LogP contribution in [0.3, 0.4) is 0 Å². The van der Waals surface area contributed by atoms with E-state index < -0.39 is 5.97 Å². The number of carbonyl (C=O) groups is 2. The number of pyridine rings is 1. The molecular formula is C26H35N5O4. The molecule has 2 aromatic heterocycles. The normalized spacial score (nSPS) is 20.3. The Bertz CT molecular complexity index is 1030. The number of fused-ring (bicyclic) bond motifs is 1. The topological polar surface area (TPSA) is 118 Å². The maximum absolute atomic E-state index is 13.1. The lowest BCUT2D eigenvalue weighted by Gasteiger charge is -2.23. The predicted molar refractivity (Wildman–Crippen MR) is 131 cm³/mol. The van der Waals surface area contributed by atoms with Crippen molar-refractivity contribution in [1.82, 2.24) is 19.9 Å². The molecule has 1 fully saturated rings. The number of ether oxygens (including phenoxy) is 1. The second-order valence-electron chi connectivity index (χ2n) is 9.63. The molecule has 0 bridgehead atoms. The number of amides is 1. The van der Waals surface area contributed by atoms with Crippen LogP contribution in [0.4, 0.5) is 5.82 Å². The largest absolute Gasteiger partial charge is 0.481 e. The highest BCUT2D eigenvalue weighted by Crippen LogP contribution is 2.31. The lowest BCUT2D eigenvalue weighted by Crippen LogP contribution is -2.33. The molecule has 0 radical (unpaired) electrons. The zero-order valence-corrected chi connectivity index (χ0v) is 20.6. The van der Waals surface area contributed by atoms with E-state index in [0.29, 0.717) is 13.0 Å². The summed E-state index contributed by atoms with van der Waals surface area (Å²) in [6, 6.07) is 4.70. The Kier molecular flexibility index (Phi) is 8.15. The minimum atomic E-state index is -0.859. The van der Waals surface area contributed by atoms with Gasteiger partial charge in [-0.1, -0.05) is 6.07 Å². The summed E-state index contributed by atoms with van der Waals surface area (Å²) in [5.74, 6) is 0.157. The molecule has 0 unspecified atom stereocenters. The molecule has 4 heterocycles. The molecule has 9 heteroatoms. The van der Waals surface area contributed by atoms with Crippen LogP contribution in [0, 0.1) is 5.92 Å². The molecule has 2 aliphatic rings. The van der Waals surface area contributed by atoms with E-state index in [0.717, 1.165) is 62.1 Å². The third-order valence-corrected chi connectivity index (χ3v) is 7.17. The number of nitrogens with zero attached hydrogens (tertiary/aromatic N) is 4. The SMILES string of the molecule is COc1ncc([C@H](CCCN2C(=O)[C@@H](CCc3ccc4c(n3)NCCC4)C[C@H]2C)CC(=O)O)cn1. The molecule has 0 aromatic carbocycles. The molecule has 0 saturated carbocycles. The highest BCUT2D eigenvalue weighted by molar-refractivity contribution is 5.81. The first-order chi connectivity index (χ1) is 16.9. The van der Waals surface area contributed by atoms with Crippen molar-refractivity contribution in [1.29, 1.82) is 0 Å². The summed E-state index contributed by atoms with van der Waals surface area (Å²) in [6.07, 6.45) is 9.30. The van der Waals surface area contributed by atoms with E-state index in [1.54, 1.807) is 12.4 Å². The molecule has 0 aliphatic carbocycles. The number of aryl methyl sites for hydroxylation is 2. The van der Waals surface area contributed by atoms with Gasteiger partial charge in [0.1, 0.15) is 5.82 Å². The number of nitrogens with one attached hydrogen (secondary N) is 1. The number of carboxylic acid groups (broad SMARTS) is 1. The Hall–Kier alpha value is -3.23. The van der Waals surface area contributed by atoms with E-state index in [1.807, 2.05) is 4.90 Å². The second-order valence-corrected chi connectivity index (χ2v) is 9.63. The number of carbonyl (C=O) groups excluding carboxylic acids is 1. The maximum atomic E-state index is 13.1. The number of rotatable bonds is 11. The predicted octanol–water partition coefficient (Wildman–Crippen LogP) is 3.45. The van der Waals surface area contributed by atoms with Crippen molar-refractivity contribution in [2.45, 2.75) is 70.3 Å². The van der Waals surface area contributed by atoms with E-state index in [4.69, 9.17) is 9.72 Å². The van der Waals surface area contributed by atoms with Crippen LogP contribution < -0.4 is 10.1 Å². The fourth-order valence-corrected chi connectivity index (χ4v) is 5.24. The molecule has 4 rings (SSSR count). The van der Waals surface area contributed by atoms with Crippen LogP contribution in [-0.2, 0) is 22.4 Å². The quantitative estimate of drug-likeness (QED) is 0.501. The highest BCUT2D eigenvalue weighted by Gasteiger charge is 2.36. The Balaban J connectivity index is 1.29.